The highest BCUT2D eigenvalue weighted by Gasteiger charge is 2.35. The molecule has 0 aliphatic carbocycles. The average Bonchev–Trinajstić information content (AvgIpc) is 2.06. The van der Waals surface area contributed by atoms with Crippen LogP contribution in [0.3, 0.4) is 0 Å². The molecule has 1 saturated heterocycles. The third kappa shape index (κ3) is 1.97. The van der Waals surface area contributed by atoms with Crippen LogP contribution in [0.5, 0.6) is 0 Å². The highest BCUT2D eigenvalue weighted by atomic mass is 16.5. The molecular weight excluding hydrogens is 154 g/mol. The van der Waals surface area contributed by atoms with Gasteiger partial charge in [0.15, 0.2) is 0 Å². The zero-order valence-electron chi connectivity index (χ0n) is 7.85. The maximum Gasteiger partial charge on any atom is 0.326 e. The number of hydrogen-bond donors (Lipinski definition) is 1. The first-order valence-electron chi connectivity index (χ1n) is 4.61. The zero-order chi connectivity index (χ0) is 9.03. The van der Waals surface area contributed by atoms with Crippen LogP contribution in [-0.4, -0.2) is 24.7 Å². The largest absolute Gasteiger partial charge is 0.465 e. The number of rotatable bonds is 2. The van der Waals surface area contributed by atoms with E-state index < -0.39 is 5.54 Å². The van der Waals surface area contributed by atoms with E-state index >= 15 is 0 Å². The summed E-state index contributed by atoms with van der Waals surface area (Å²) in [7, 11) is 0. The second kappa shape index (κ2) is 3.90. The van der Waals surface area contributed by atoms with Crippen LogP contribution in [0.1, 0.15) is 33.1 Å². The molecule has 12 heavy (non-hydrogen) atoms. The topological polar surface area (TPSA) is 38.3 Å². The zero-order valence-corrected chi connectivity index (χ0v) is 7.85. The molecule has 0 aromatic carbocycles. The van der Waals surface area contributed by atoms with Crippen molar-refractivity contribution in [1.82, 2.24) is 5.32 Å². The molecule has 0 saturated carbocycles. The summed E-state index contributed by atoms with van der Waals surface area (Å²) in [5, 5.41) is 3.21. The fourth-order valence-corrected chi connectivity index (χ4v) is 1.52. The summed E-state index contributed by atoms with van der Waals surface area (Å²) in [5.74, 6) is -0.107. The molecule has 70 valence electrons. The van der Waals surface area contributed by atoms with Crippen molar-refractivity contribution in [1.29, 1.82) is 0 Å². The van der Waals surface area contributed by atoms with Crippen molar-refractivity contribution in [3.05, 3.63) is 0 Å². The quantitative estimate of drug-likeness (QED) is 0.632. The van der Waals surface area contributed by atoms with Gasteiger partial charge < -0.3 is 10.1 Å². The van der Waals surface area contributed by atoms with Crippen molar-refractivity contribution in [3.8, 4) is 0 Å². The molecule has 1 aliphatic rings. The molecule has 1 atom stereocenters. The fraction of sp³-hybridized carbons (Fsp3) is 0.889. The standard InChI is InChI=1S/C9H17NO2/c1-3-12-8(11)9(2)6-4-5-7-10-9/h10H,3-7H2,1-2H3. The van der Waals surface area contributed by atoms with Crippen LogP contribution in [0.15, 0.2) is 0 Å². The summed E-state index contributed by atoms with van der Waals surface area (Å²) in [6, 6.07) is 0. The van der Waals surface area contributed by atoms with Crippen molar-refractivity contribution in [2.75, 3.05) is 13.2 Å². The molecule has 1 N–H and O–H groups in total. The van der Waals surface area contributed by atoms with Crippen LogP contribution in [-0.2, 0) is 9.53 Å². The summed E-state index contributed by atoms with van der Waals surface area (Å²) in [6.45, 7) is 5.15. The number of nitrogens with one attached hydrogen (secondary N) is 1. The van der Waals surface area contributed by atoms with E-state index in [-0.39, 0.29) is 5.97 Å². The highest BCUT2D eigenvalue weighted by Crippen LogP contribution is 2.19. The molecule has 1 aliphatic heterocycles. The van der Waals surface area contributed by atoms with Crippen LogP contribution in [0, 0.1) is 0 Å². The van der Waals surface area contributed by atoms with Gasteiger partial charge in [-0.15, -0.1) is 0 Å². The van der Waals surface area contributed by atoms with Crippen molar-refractivity contribution in [3.63, 3.8) is 0 Å². The van der Waals surface area contributed by atoms with E-state index in [0.717, 1.165) is 25.8 Å². The van der Waals surface area contributed by atoms with E-state index in [4.69, 9.17) is 4.74 Å². The van der Waals surface area contributed by atoms with E-state index in [0.29, 0.717) is 6.61 Å². The van der Waals surface area contributed by atoms with Gasteiger partial charge in [-0.25, -0.2) is 0 Å². The number of carbonyl (C=O) groups excluding carboxylic acids is 1. The molecule has 1 rings (SSSR count). The minimum atomic E-state index is -0.422. The first-order chi connectivity index (χ1) is 5.69. The Kier molecular flexibility index (Phi) is 3.09. The normalized spacial score (nSPS) is 29.8. The van der Waals surface area contributed by atoms with Crippen LogP contribution in [0.25, 0.3) is 0 Å². The number of piperidine rings is 1. The first kappa shape index (κ1) is 9.52. The van der Waals surface area contributed by atoms with Crippen molar-refractivity contribution >= 4 is 5.97 Å². The van der Waals surface area contributed by atoms with Gasteiger partial charge in [-0.3, -0.25) is 4.79 Å². The van der Waals surface area contributed by atoms with Crippen molar-refractivity contribution in [2.24, 2.45) is 0 Å². The molecular formula is C9H17NO2. The number of carbonyl (C=O) groups is 1. The van der Waals surface area contributed by atoms with E-state index in [1.165, 1.54) is 0 Å². The lowest BCUT2D eigenvalue weighted by Crippen LogP contribution is -2.53. The summed E-state index contributed by atoms with van der Waals surface area (Å²) in [6.07, 6.45) is 3.17. The van der Waals surface area contributed by atoms with Crippen molar-refractivity contribution in [2.45, 2.75) is 38.6 Å². The highest BCUT2D eigenvalue weighted by molar-refractivity contribution is 5.80. The third-order valence-electron chi connectivity index (χ3n) is 2.34. The monoisotopic (exact) mass is 171 g/mol. The Morgan fingerprint density at radius 2 is 2.33 bits per heavy atom. The Morgan fingerprint density at radius 3 is 2.83 bits per heavy atom. The number of esters is 1. The van der Waals surface area contributed by atoms with Gasteiger partial charge in [0.2, 0.25) is 0 Å². The minimum Gasteiger partial charge on any atom is -0.465 e. The molecule has 1 heterocycles. The van der Waals surface area contributed by atoms with E-state index in [2.05, 4.69) is 5.32 Å². The molecule has 0 spiro atoms. The van der Waals surface area contributed by atoms with Gasteiger partial charge in [0, 0.05) is 0 Å². The Balaban J connectivity index is 2.50. The molecule has 0 amide bonds. The van der Waals surface area contributed by atoms with Crippen molar-refractivity contribution < 1.29 is 9.53 Å². The SMILES string of the molecule is CCOC(=O)C1(C)CCCCN1. The summed E-state index contributed by atoms with van der Waals surface area (Å²) in [4.78, 5) is 11.4. The molecule has 0 aromatic rings. The molecule has 0 radical (unpaired) electrons. The molecule has 0 bridgehead atoms. The lowest BCUT2D eigenvalue weighted by molar-refractivity contribution is -0.151. The van der Waals surface area contributed by atoms with Gasteiger partial charge >= 0.3 is 5.97 Å². The Morgan fingerprint density at radius 1 is 1.58 bits per heavy atom. The lowest BCUT2D eigenvalue weighted by atomic mass is 9.91. The second-order valence-corrected chi connectivity index (χ2v) is 3.44. The van der Waals surface area contributed by atoms with E-state index in [1.807, 2.05) is 13.8 Å². The summed E-state index contributed by atoms with van der Waals surface area (Å²) in [5.41, 5.74) is -0.422. The number of hydrogen-bond acceptors (Lipinski definition) is 3. The molecule has 0 aromatic heterocycles. The summed E-state index contributed by atoms with van der Waals surface area (Å²) < 4.78 is 4.98. The minimum absolute atomic E-state index is 0.107. The summed E-state index contributed by atoms with van der Waals surface area (Å²) >= 11 is 0. The fourth-order valence-electron chi connectivity index (χ4n) is 1.52. The average molecular weight is 171 g/mol. The molecule has 1 unspecified atom stereocenters. The van der Waals surface area contributed by atoms with Gasteiger partial charge in [0.05, 0.1) is 6.61 Å². The Labute approximate surface area is 73.5 Å². The van der Waals surface area contributed by atoms with Gasteiger partial charge in [-0.05, 0) is 39.7 Å². The second-order valence-electron chi connectivity index (χ2n) is 3.44. The van der Waals surface area contributed by atoms with Crippen LogP contribution >= 0.6 is 0 Å². The predicted octanol–water partition coefficient (Wildman–Crippen LogP) is 1.08. The maximum absolute atomic E-state index is 11.4. The molecule has 3 heteroatoms. The van der Waals surface area contributed by atoms with E-state index in [9.17, 15) is 4.79 Å². The van der Waals surface area contributed by atoms with Gasteiger partial charge in [-0.2, -0.15) is 0 Å². The Hall–Kier alpha value is -0.570. The van der Waals surface area contributed by atoms with Crippen LogP contribution in [0.2, 0.25) is 0 Å². The third-order valence-corrected chi connectivity index (χ3v) is 2.34. The maximum atomic E-state index is 11.4. The van der Waals surface area contributed by atoms with Gasteiger partial charge in [0.1, 0.15) is 5.54 Å². The Bertz CT molecular complexity index is 162. The van der Waals surface area contributed by atoms with E-state index in [1.54, 1.807) is 0 Å². The number of ether oxygens (including phenoxy) is 1. The van der Waals surface area contributed by atoms with Gasteiger partial charge in [0.25, 0.3) is 0 Å². The van der Waals surface area contributed by atoms with Crippen LogP contribution in [0.4, 0.5) is 0 Å². The van der Waals surface area contributed by atoms with Crippen LogP contribution < -0.4 is 5.32 Å². The van der Waals surface area contributed by atoms with Gasteiger partial charge in [-0.1, -0.05) is 0 Å². The predicted molar refractivity (Wildman–Crippen MR) is 46.9 cm³/mol. The molecule has 1 fully saturated rings. The first-order valence-corrected chi connectivity index (χ1v) is 4.61. The smallest absolute Gasteiger partial charge is 0.326 e. The lowest BCUT2D eigenvalue weighted by Gasteiger charge is -2.32. The molecule has 3 nitrogen and oxygen atoms in total.